The summed E-state index contributed by atoms with van der Waals surface area (Å²) in [6.07, 6.45) is 8.04. The Kier molecular flexibility index (Phi) is 14.9. The molecular formula is C30H44O8. The molecule has 0 radical (unpaired) electrons. The van der Waals surface area contributed by atoms with Crippen LogP contribution in [0.25, 0.3) is 0 Å². The van der Waals surface area contributed by atoms with Crippen LogP contribution >= 0.6 is 0 Å². The number of hydrogen-bond donors (Lipinski definition) is 3. The van der Waals surface area contributed by atoms with Crippen molar-refractivity contribution in [2.75, 3.05) is 20.3 Å². The molecule has 0 fully saturated rings. The number of esters is 2. The first-order valence-electron chi connectivity index (χ1n) is 13.7. The highest BCUT2D eigenvalue weighted by molar-refractivity contribution is 5.70. The van der Waals surface area contributed by atoms with E-state index >= 15 is 0 Å². The molecule has 1 aromatic carbocycles. The van der Waals surface area contributed by atoms with Crippen LogP contribution < -0.4 is 0 Å². The van der Waals surface area contributed by atoms with Crippen LogP contribution in [0, 0.1) is 5.92 Å². The van der Waals surface area contributed by atoms with Crippen molar-refractivity contribution in [2.45, 2.75) is 89.9 Å². The number of aliphatic hydroxyl groups excluding tert-OH is 3. The average molecular weight is 533 g/mol. The third-order valence-corrected chi connectivity index (χ3v) is 6.48. The van der Waals surface area contributed by atoms with E-state index in [-0.39, 0.29) is 37.5 Å². The fraction of sp³-hybridized carbons (Fsp3) is 0.600. The molecule has 0 saturated heterocycles. The van der Waals surface area contributed by atoms with Gasteiger partial charge in [0.2, 0.25) is 0 Å². The zero-order chi connectivity index (χ0) is 27.8. The van der Waals surface area contributed by atoms with E-state index in [4.69, 9.17) is 19.3 Å². The predicted octanol–water partition coefficient (Wildman–Crippen LogP) is 4.15. The van der Waals surface area contributed by atoms with Crippen LogP contribution in [-0.4, -0.2) is 59.8 Å². The summed E-state index contributed by atoms with van der Waals surface area (Å²) >= 11 is 0. The monoisotopic (exact) mass is 532 g/mol. The zero-order valence-corrected chi connectivity index (χ0v) is 22.8. The molecule has 0 bridgehead atoms. The second-order valence-corrected chi connectivity index (χ2v) is 9.74. The minimum Gasteiger partial charge on any atom is -0.463 e. The van der Waals surface area contributed by atoms with Crippen molar-refractivity contribution in [1.82, 2.24) is 0 Å². The fourth-order valence-corrected chi connectivity index (χ4v) is 4.66. The van der Waals surface area contributed by atoms with Gasteiger partial charge in [-0.05, 0) is 42.4 Å². The Morgan fingerprint density at radius 2 is 1.87 bits per heavy atom. The van der Waals surface area contributed by atoms with Crippen LogP contribution in [0.5, 0.6) is 0 Å². The SMILES string of the molecule is CCCC(=O)OC1=C(CCCCCCC(=O)OCCO)[C@@H](/C=C/[C@H](O)Cc2cccc(COC)c2)[C@H](O)C1. The van der Waals surface area contributed by atoms with Gasteiger partial charge in [0.05, 0.1) is 25.4 Å². The Balaban J connectivity index is 1.99. The molecular weight excluding hydrogens is 488 g/mol. The number of unbranched alkanes of at least 4 members (excludes halogenated alkanes) is 3. The summed E-state index contributed by atoms with van der Waals surface area (Å²) in [4.78, 5) is 23.8. The normalized spacial score (nSPS) is 18.2. The topological polar surface area (TPSA) is 123 Å². The number of aliphatic hydroxyl groups is 3. The van der Waals surface area contributed by atoms with E-state index in [9.17, 15) is 19.8 Å². The van der Waals surface area contributed by atoms with E-state index in [2.05, 4.69) is 0 Å². The molecule has 0 aromatic heterocycles. The number of benzene rings is 1. The summed E-state index contributed by atoms with van der Waals surface area (Å²) in [5.74, 6) is -0.392. The first-order chi connectivity index (χ1) is 18.4. The van der Waals surface area contributed by atoms with Crippen LogP contribution in [0.3, 0.4) is 0 Å². The van der Waals surface area contributed by atoms with Gasteiger partial charge in [0.25, 0.3) is 0 Å². The molecule has 2 rings (SSSR count). The third-order valence-electron chi connectivity index (χ3n) is 6.48. The number of hydrogen-bond acceptors (Lipinski definition) is 8. The molecule has 212 valence electrons. The van der Waals surface area contributed by atoms with Crippen molar-refractivity contribution in [3.05, 3.63) is 58.9 Å². The minimum atomic E-state index is -0.724. The number of rotatable bonds is 18. The standard InChI is InChI=1S/C30H44O8/c1-3-9-30(35)38-28-20-27(33)25(26(28)12-6-4-5-7-13-29(34)37-17-16-31)15-14-24(32)19-22-10-8-11-23(18-22)21-36-2/h8,10-11,14-15,18,24-25,27,31-33H,3-7,9,12-13,16-17,19-21H2,1-2H3/b15-14+/t24-,25+,27+/m0/s1. The average Bonchev–Trinajstić information content (AvgIpc) is 3.17. The second-order valence-electron chi connectivity index (χ2n) is 9.74. The Bertz CT molecular complexity index is 923. The summed E-state index contributed by atoms with van der Waals surface area (Å²) in [6, 6.07) is 7.89. The molecule has 0 saturated carbocycles. The van der Waals surface area contributed by atoms with Gasteiger partial charge in [-0.3, -0.25) is 9.59 Å². The minimum absolute atomic E-state index is 0.0264. The summed E-state index contributed by atoms with van der Waals surface area (Å²) < 4.78 is 15.7. The molecule has 8 heteroatoms. The van der Waals surface area contributed by atoms with Gasteiger partial charge in [-0.25, -0.2) is 0 Å². The molecule has 1 aliphatic carbocycles. The maximum absolute atomic E-state index is 12.2. The van der Waals surface area contributed by atoms with Crippen LogP contribution in [0.1, 0.15) is 75.8 Å². The smallest absolute Gasteiger partial charge is 0.310 e. The first-order valence-corrected chi connectivity index (χ1v) is 13.7. The molecule has 8 nitrogen and oxygen atoms in total. The Hall–Kier alpha value is -2.52. The van der Waals surface area contributed by atoms with Gasteiger partial charge in [-0.1, -0.05) is 56.2 Å². The molecule has 0 spiro atoms. The molecule has 1 aliphatic rings. The number of methoxy groups -OCH3 is 1. The molecule has 3 N–H and O–H groups in total. The lowest BCUT2D eigenvalue weighted by molar-refractivity contribution is -0.144. The van der Waals surface area contributed by atoms with Crippen LogP contribution in [0.15, 0.2) is 47.7 Å². The van der Waals surface area contributed by atoms with Gasteiger partial charge in [0.1, 0.15) is 12.4 Å². The predicted molar refractivity (Wildman–Crippen MR) is 144 cm³/mol. The van der Waals surface area contributed by atoms with Crippen LogP contribution in [0.2, 0.25) is 0 Å². The summed E-state index contributed by atoms with van der Waals surface area (Å²) in [5.41, 5.74) is 2.93. The lowest BCUT2D eigenvalue weighted by atomic mass is 9.93. The van der Waals surface area contributed by atoms with Gasteiger partial charge in [-0.2, -0.15) is 0 Å². The van der Waals surface area contributed by atoms with E-state index in [1.807, 2.05) is 37.3 Å². The summed E-state index contributed by atoms with van der Waals surface area (Å²) in [7, 11) is 1.65. The summed E-state index contributed by atoms with van der Waals surface area (Å²) in [6.45, 7) is 2.28. The number of carbonyl (C=O) groups excluding carboxylic acids is 2. The molecule has 0 unspecified atom stereocenters. The molecule has 0 aliphatic heterocycles. The number of ether oxygens (including phenoxy) is 3. The molecule has 38 heavy (non-hydrogen) atoms. The van der Waals surface area contributed by atoms with Crippen LogP contribution in [-0.2, 0) is 36.8 Å². The van der Waals surface area contributed by atoms with E-state index in [0.717, 1.165) is 36.0 Å². The van der Waals surface area contributed by atoms with Crippen molar-refractivity contribution in [3.8, 4) is 0 Å². The highest BCUT2D eigenvalue weighted by atomic mass is 16.5. The molecule has 1 aromatic rings. The zero-order valence-electron chi connectivity index (χ0n) is 22.8. The molecule has 3 atom stereocenters. The van der Waals surface area contributed by atoms with E-state index in [1.165, 1.54) is 0 Å². The van der Waals surface area contributed by atoms with Crippen LogP contribution in [0.4, 0.5) is 0 Å². The second kappa shape index (κ2) is 17.9. The van der Waals surface area contributed by atoms with Crippen molar-refractivity contribution in [1.29, 1.82) is 0 Å². The Morgan fingerprint density at radius 1 is 1.11 bits per heavy atom. The Labute approximate surface area is 226 Å². The summed E-state index contributed by atoms with van der Waals surface area (Å²) in [5, 5.41) is 30.2. The van der Waals surface area contributed by atoms with Crippen molar-refractivity contribution >= 4 is 11.9 Å². The van der Waals surface area contributed by atoms with Gasteiger partial charge in [0, 0.05) is 38.7 Å². The van der Waals surface area contributed by atoms with Gasteiger partial charge < -0.3 is 29.5 Å². The maximum Gasteiger partial charge on any atom is 0.310 e. The highest BCUT2D eigenvalue weighted by Crippen LogP contribution is 2.37. The highest BCUT2D eigenvalue weighted by Gasteiger charge is 2.33. The number of carbonyl (C=O) groups is 2. The van der Waals surface area contributed by atoms with Gasteiger partial charge >= 0.3 is 11.9 Å². The largest absolute Gasteiger partial charge is 0.463 e. The molecule has 0 heterocycles. The van der Waals surface area contributed by atoms with E-state index in [0.29, 0.717) is 50.9 Å². The van der Waals surface area contributed by atoms with E-state index in [1.54, 1.807) is 13.2 Å². The van der Waals surface area contributed by atoms with Crippen molar-refractivity contribution in [2.24, 2.45) is 5.92 Å². The van der Waals surface area contributed by atoms with Crippen molar-refractivity contribution in [3.63, 3.8) is 0 Å². The quantitative estimate of drug-likeness (QED) is 0.146. The molecule has 0 amide bonds. The fourth-order valence-electron chi connectivity index (χ4n) is 4.66. The lowest BCUT2D eigenvalue weighted by Crippen LogP contribution is -2.16. The lowest BCUT2D eigenvalue weighted by Gasteiger charge is -2.16. The third kappa shape index (κ3) is 11.5. The first kappa shape index (κ1) is 31.7. The van der Waals surface area contributed by atoms with E-state index < -0.39 is 12.2 Å². The van der Waals surface area contributed by atoms with Gasteiger partial charge in [-0.15, -0.1) is 0 Å². The van der Waals surface area contributed by atoms with Crippen molar-refractivity contribution < 1.29 is 39.1 Å². The Morgan fingerprint density at radius 3 is 2.61 bits per heavy atom. The maximum atomic E-state index is 12.2. The van der Waals surface area contributed by atoms with Gasteiger partial charge in [0.15, 0.2) is 0 Å².